The predicted molar refractivity (Wildman–Crippen MR) is 69.9 cm³/mol. The molecule has 4 N–H and O–H groups in total. The second-order valence-corrected chi connectivity index (χ2v) is 5.43. The van der Waals surface area contributed by atoms with Crippen molar-refractivity contribution in [2.24, 2.45) is 5.41 Å². The van der Waals surface area contributed by atoms with Crippen molar-refractivity contribution in [3.8, 4) is 0 Å². The first-order valence-electron chi connectivity index (χ1n) is 5.67. The number of hydrogen-bond acceptors (Lipinski definition) is 3. The number of H-pyrrole nitrogens is 1. The summed E-state index contributed by atoms with van der Waals surface area (Å²) in [7, 11) is 4.05. The van der Waals surface area contributed by atoms with Crippen molar-refractivity contribution >= 4 is 11.6 Å². The van der Waals surface area contributed by atoms with Gasteiger partial charge >= 0.3 is 0 Å². The van der Waals surface area contributed by atoms with E-state index in [1.807, 2.05) is 14.1 Å². The molecule has 0 unspecified atom stereocenters. The van der Waals surface area contributed by atoms with Gasteiger partial charge in [-0.05, 0) is 25.6 Å². The van der Waals surface area contributed by atoms with Crippen molar-refractivity contribution in [2.75, 3.05) is 32.9 Å². The van der Waals surface area contributed by atoms with Gasteiger partial charge in [0.2, 0.25) is 0 Å². The van der Waals surface area contributed by atoms with Crippen LogP contribution in [0.15, 0.2) is 12.3 Å². The molecule has 0 atom stereocenters. The van der Waals surface area contributed by atoms with E-state index in [1.54, 1.807) is 12.3 Å². The van der Waals surface area contributed by atoms with Gasteiger partial charge < -0.3 is 20.9 Å². The lowest BCUT2D eigenvalue weighted by Gasteiger charge is -2.28. The van der Waals surface area contributed by atoms with Crippen molar-refractivity contribution in [3.63, 3.8) is 0 Å². The number of amides is 1. The van der Waals surface area contributed by atoms with Gasteiger partial charge in [-0.2, -0.15) is 0 Å². The van der Waals surface area contributed by atoms with Gasteiger partial charge in [-0.15, -0.1) is 0 Å². The minimum absolute atomic E-state index is 0.0390. The number of rotatable bonds is 5. The summed E-state index contributed by atoms with van der Waals surface area (Å²) in [6, 6.07) is 1.63. The highest BCUT2D eigenvalue weighted by molar-refractivity contribution is 5.93. The Bertz CT molecular complexity index is 382. The number of carbonyl (C=O) groups is 1. The first-order chi connectivity index (χ1) is 7.80. The Labute approximate surface area is 102 Å². The van der Waals surface area contributed by atoms with Crippen molar-refractivity contribution in [1.29, 1.82) is 0 Å². The van der Waals surface area contributed by atoms with E-state index in [4.69, 9.17) is 5.73 Å². The highest BCUT2D eigenvalue weighted by Crippen LogP contribution is 2.14. The van der Waals surface area contributed by atoms with Gasteiger partial charge in [0.1, 0.15) is 5.69 Å². The van der Waals surface area contributed by atoms with E-state index < -0.39 is 0 Å². The van der Waals surface area contributed by atoms with E-state index in [-0.39, 0.29) is 11.3 Å². The van der Waals surface area contributed by atoms with Gasteiger partial charge in [0.05, 0.1) is 0 Å². The Morgan fingerprint density at radius 3 is 2.65 bits per heavy atom. The summed E-state index contributed by atoms with van der Waals surface area (Å²) in [6.07, 6.45) is 1.61. The summed E-state index contributed by atoms with van der Waals surface area (Å²) in [5.74, 6) is -0.117. The number of anilines is 1. The highest BCUT2D eigenvalue weighted by Gasteiger charge is 2.20. The Morgan fingerprint density at radius 2 is 2.18 bits per heavy atom. The monoisotopic (exact) mass is 238 g/mol. The predicted octanol–water partition coefficient (Wildman–Crippen LogP) is 0.915. The Hall–Kier alpha value is -1.49. The van der Waals surface area contributed by atoms with Crippen LogP contribution in [-0.4, -0.2) is 43.0 Å². The summed E-state index contributed by atoms with van der Waals surface area (Å²) in [6.45, 7) is 5.79. The van der Waals surface area contributed by atoms with Crippen LogP contribution in [0.1, 0.15) is 24.3 Å². The van der Waals surface area contributed by atoms with Crippen LogP contribution < -0.4 is 11.1 Å². The minimum atomic E-state index is -0.117. The first-order valence-corrected chi connectivity index (χ1v) is 5.67. The number of nitrogen functional groups attached to an aromatic ring is 1. The van der Waals surface area contributed by atoms with Crippen LogP contribution in [0.2, 0.25) is 0 Å². The van der Waals surface area contributed by atoms with Crippen molar-refractivity contribution in [3.05, 3.63) is 18.0 Å². The average molecular weight is 238 g/mol. The van der Waals surface area contributed by atoms with Gasteiger partial charge in [-0.3, -0.25) is 4.79 Å². The minimum Gasteiger partial charge on any atom is -0.397 e. The maximum Gasteiger partial charge on any atom is 0.267 e. The van der Waals surface area contributed by atoms with Crippen LogP contribution in [-0.2, 0) is 0 Å². The number of carbonyl (C=O) groups excluding carboxylic acids is 1. The molecule has 0 fully saturated rings. The molecule has 5 nitrogen and oxygen atoms in total. The average Bonchev–Trinajstić information content (AvgIpc) is 2.59. The van der Waals surface area contributed by atoms with E-state index >= 15 is 0 Å². The fourth-order valence-electron chi connectivity index (χ4n) is 1.87. The fraction of sp³-hybridized carbons (Fsp3) is 0.583. The topological polar surface area (TPSA) is 74.2 Å². The van der Waals surface area contributed by atoms with Crippen molar-refractivity contribution < 1.29 is 4.79 Å². The lowest BCUT2D eigenvalue weighted by molar-refractivity contribution is 0.0925. The molecule has 96 valence electrons. The molecule has 0 radical (unpaired) electrons. The number of aromatic nitrogens is 1. The van der Waals surface area contributed by atoms with Gasteiger partial charge in [-0.1, -0.05) is 13.8 Å². The maximum absolute atomic E-state index is 11.8. The van der Waals surface area contributed by atoms with Crippen molar-refractivity contribution in [1.82, 2.24) is 15.2 Å². The SMILES string of the molecule is CN(C)CC(C)(C)CNC(=O)c1cc(N)c[nH]1. The third-order valence-corrected chi connectivity index (χ3v) is 2.42. The van der Waals surface area contributed by atoms with Gasteiger partial charge in [0.25, 0.3) is 5.91 Å². The molecule has 0 aliphatic rings. The van der Waals surface area contributed by atoms with Gasteiger partial charge in [-0.25, -0.2) is 0 Å². The van der Waals surface area contributed by atoms with Gasteiger partial charge in [0, 0.05) is 25.0 Å². The molecule has 0 saturated carbocycles. The fourth-order valence-corrected chi connectivity index (χ4v) is 1.87. The van der Waals surface area contributed by atoms with E-state index in [1.165, 1.54) is 0 Å². The summed E-state index contributed by atoms with van der Waals surface area (Å²) in [5, 5.41) is 2.91. The zero-order valence-electron chi connectivity index (χ0n) is 11.0. The molecule has 0 aromatic carbocycles. The molecule has 0 aliphatic carbocycles. The summed E-state index contributed by atoms with van der Waals surface area (Å²) >= 11 is 0. The quantitative estimate of drug-likeness (QED) is 0.714. The molecule has 5 heteroatoms. The van der Waals surface area contributed by atoms with Crippen LogP contribution in [0, 0.1) is 5.41 Å². The molecule has 1 aromatic rings. The molecule has 0 spiro atoms. The summed E-state index contributed by atoms with van der Waals surface area (Å²) in [5.41, 5.74) is 6.66. The van der Waals surface area contributed by atoms with Crippen molar-refractivity contribution in [2.45, 2.75) is 13.8 Å². The molecule has 1 rings (SSSR count). The Kier molecular flexibility index (Phi) is 4.17. The molecular formula is C12H22N4O. The zero-order valence-corrected chi connectivity index (χ0v) is 11.0. The number of nitrogens with zero attached hydrogens (tertiary/aromatic N) is 1. The van der Waals surface area contributed by atoms with Crippen LogP contribution in [0.4, 0.5) is 5.69 Å². The molecule has 0 bridgehead atoms. The molecule has 17 heavy (non-hydrogen) atoms. The van der Waals surface area contributed by atoms with Crippen LogP contribution in [0.5, 0.6) is 0 Å². The molecule has 1 heterocycles. The first kappa shape index (κ1) is 13.6. The Balaban J connectivity index is 2.48. The zero-order chi connectivity index (χ0) is 13.1. The van der Waals surface area contributed by atoms with E-state index in [0.29, 0.717) is 17.9 Å². The highest BCUT2D eigenvalue weighted by atomic mass is 16.1. The lowest BCUT2D eigenvalue weighted by atomic mass is 9.93. The molecule has 1 amide bonds. The van der Waals surface area contributed by atoms with E-state index in [0.717, 1.165) is 6.54 Å². The number of aromatic amines is 1. The third-order valence-electron chi connectivity index (χ3n) is 2.42. The number of nitrogens with one attached hydrogen (secondary N) is 2. The van der Waals surface area contributed by atoms with E-state index in [2.05, 4.69) is 29.0 Å². The summed E-state index contributed by atoms with van der Waals surface area (Å²) in [4.78, 5) is 16.7. The third kappa shape index (κ3) is 4.48. The lowest BCUT2D eigenvalue weighted by Crippen LogP contribution is -2.40. The largest absolute Gasteiger partial charge is 0.397 e. The van der Waals surface area contributed by atoms with Gasteiger partial charge in [0.15, 0.2) is 0 Å². The molecule has 1 aromatic heterocycles. The molecule has 0 aliphatic heterocycles. The van der Waals surface area contributed by atoms with Crippen LogP contribution >= 0.6 is 0 Å². The second kappa shape index (κ2) is 5.23. The van der Waals surface area contributed by atoms with E-state index in [9.17, 15) is 4.79 Å². The number of nitrogens with two attached hydrogens (primary N) is 1. The second-order valence-electron chi connectivity index (χ2n) is 5.43. The summed E-state index contributed by atoms with van der Waals surface area (Å²) < 4.78 is 0. The Morgan fingerprint density at radius 1 is 1.53 bits per heavy atom. The number of hydrogen-bond donors (Lipinski definition) is 3. The molecular weight excluding hydrogens is 216 g/mol. The standard InChI is InChI=1S/C12H22N4O/c1-12(2,8-16(3)4)7-15-11(17)10-5-9(13)6-14-10/h5-6,14H,7-8,13H2,1-4H3,(H,15,17). The molecule has 0 saturated heterocycles. The van der Waals surface area contributed by atoms with Crippen LogP contribution in [0.25, 0.3) is 0 Å². The van der Waals surface area contributed by atoms with Crippen LogP contribution in [0.3, 0.4) is 0 Å². The normalized spacial score (nSPS) is 11.8. The maximum atomic E-state index is 11.8. The smallest absolute Gasteiger partial charge is 0.267 e.